The smallest absolute Gasteiger partial charge is 0.244 e. The number of carbonyl (C=O) groups is 1. The molecule has 0 aliphatic carbocycles. The fourth-order valence-corrected chi connectivity index (χ4v) is 6.44. The molecule has 1 aliphatic heterocycles. The zero-order valence-electron chi connectivity index (χ0n) is 19.6. The van der Waals surface area contributed by atoms with Crippen molar-refractivity contribution in [1.29, 1.82) is 0 Å². The number of amides is 1. The summed E-state index contributed by atoms with van der Waals surface area (Å²) in [5, 5.41) is 0.737. The van der Waals surface area contributed by atoms with Crippen LogP contribution in [0.1, 0.15) is 29.2 Å². The van der Waals surface area contributed by atoms with Gasteiger partial charge in [-0.25, -0.2) is 8.42 Å². The Morgan fingerprint density at radius 1 is 0.970 bits per heavy atom. The van der Waals surface area contributed by atoms with E-state index in [0.717, 1.165) is 25.2 Å². The van der Waals surface area contributed by atoms with Crippen molar-refractivity contribution in [2.24, 2.45) is 0 Å². The van der Waals surface area contributed by atoms with Crippen LogP contribution in [0.25, 0.3) is 0 Å². The highest BCUT2D eigenvalue weighted by molar-refractivity contribution is 7.89. The van der Waals surface area contributed by atoms with Gasteiger partial charge in [0.15, 0.2) is 0 Å². The second-order valence-corrected chi connectivity index (χ2v) is 11.3. The van der Waals surface area contributed by atoms with Gasteiger partial charge in [-0.05, 0) is 56.1 Å². The molecule has 9 heteroatoms. The van der Waals surface area contributed by atoms with Crippen LogP contribution in [0.3, 0.4) is 0 Å². The van der Waals surface area contributed by atoms with Crippen LogP contribution >= 0.6 is 23.2 Å². The van der Waals surface area contributed by atoms with Crippen molar-refractivity contribution in [1.82, 2.24) is 14.1 Å². The lowest BCUT2D eigenvalue weighted by molar-refractivity contribution is -0.133. The summed E-state index contributed by atoms with van der Waals surface area (Å²) in [5.74, 6) is -0.197. The van der Waals surface area contributed by atoms with E-state index in [1.807, 2.05) is 19.1 Å². The monoisotopic (exact) mass is 511 g/mol. The van der Waals surface area contributed by atoms with Crippen molar-refractivity contribution in [3.05, 3.63) is 62.6 Å². The first-order chi connectivity index (χ1) is 15.5. The van der Waals surface area contributed by atoms with Crippen molar-refractivity contribution < 1.29 is 13.2 Å². The molecular formula is C24H31Cl2N3O3S. The molecule has 1 heterocycles. The second kappa shape index (κ2) is 10.7. The van der Waals surface area contributed by atoms with Gasteiger partial charge in [-0.15, -0.1) is 0 Å². The zero-order valence-corrected chi connectivity index (χ0v) is 21.9. The van der Waals surface area contributed by atoms with Crippen molar-refractivity contribution in [3.8, 4) is 0 Å². The number of rotatable bonds is 7. The molecule has 0 unspecified atom stereocenters. The molecule has 0 radical (unpaired) electrons. The summed E-state index contributed by atoms with van der Waals surface area (Å²) in [5.41, 5.74) is 2.98. The minimum absolute atomic E-state index is 0.0205. The summed E-state index contributed by atoms with van der Waals surface area (Å²) in [6.45, 7) is 11.1. The van der Waals surface area contributed by atoms with E-state index >= 15 is 0 Å². The maximum atomic E-state index is 13.8. The number of benzene rings is 2. The van der Waals surface area contributed by atoms with Crippen molar-refractivity contribution in [2.45, 2.75) is 39.1 Å². The molecule has 0 bridgehead atoms. The van der Waals surface area contributed by atoms with E-state index in [1.165, 1.54) is 4.31 Å². The molecule has 180 valence electrons. The third kappa shape index (κ3) is 6.08. The van der Waals surface area contributed by atoms with E-state index in [4.69, 9.17) is 23.2 Å². The Labute approximate surface area is 207 Å². The van der Waals surface area contributed by atoms with Gasteiger partial charge < -0.3 is 9.80 Å². The number of hydrogen-bond acceptors (Lipinski definition) is 4. The number of aryl methyl sites for hydroxylation is 3. The van der Waals surface area contributed by atoms with Crippen molar-refractivity contribution in [3.63, 3.8) is 0 Å². The average Bonchev–Trinajstić information content (AvgIpc) is 2.74. The van der Waals surface area contributed by atoms with Crippen LogP contribution in [0, 0.1) is 20.8 Å². The summed E-state index contributed by atoms with van der Waals surface area (Å²) >= 11 is 12.2. The van der Waals surface area contributed by atoms with Crippen LogP contribution in [0.4, 0.5) is 0 Å². The molecule has 0 atom stereocenters. The molecule has 1 amide bonds. The summed E-state index contributed by atoms with van der Waals surface area (Å²) in [7, 11) is -3.95. The van der Waals surface area contributed by atoms with Gasteiger partial charge in [-0.3, -0.25) is 4.79 Å². The minimum Gasteiger partial charge on any atom is -0.339 e. The number of likely N-dealkylation sites (N-methyl/N-ethyl adjacent to an activating group) is 1. The molecule has 2 aromatic carbocycles. The first kappa shape index (κ1) is 26.0. The standard InChI is InChI=1S/C24H31Cl2N3O3S/c1-5-27-8-10-28(11-9-27)23(30)16-29(15-20-6-7-21(25)22(26)14-20)33(31,32)24-18(3)12-17(2)13-19(24)4/h6-7,12-14H,5,8-11,15-16H2,1-4H3. The molecule has 0 saturated carbocycles. The van der Waals surface area contributed by atoms with E-state index in [-0.39, 0.29) is 23.9 Å². The minimum atomic E-state index is -3.95. The van der Waals surface area contributed by atoms with Crippen LogP contribution in [0.5, 0.6) is 0 Å². The summed E-state index contributed by atoms with van der Waals surface area (Å²) < 4.78 is 28.9. The average molecular weight is 513 g/mol. The SMILES string of the molecule is CCN1CCN(C(=O)CN(Cc2ccc(Cl)c(Cl)c2)S(=O)(=O)c2c(C)cc(C)cc2C)CC1. The maximum absolute atomic E-state index is 13.8. The highest BCUT2D eigenvalue weighted by Gasteiger charge is 2.32. The predicted octanol–water partition coefficient (Wildman–Crippen LogP) is 4.27. The van der Waals surface area contributed by atoms with Crippen molar-refractivity contribution in [2.75, 3.05) is 39.3 Å². The van der Waals surface area contributed by atoms with E-state index in [1.54, 1.807) is 36.9 Å². The molecule has 6 nitrogen and oxygen atoms in total. The molecular weight excluding hydrogens is 481 g/mol. The summed E-state index contributed by atoms with van der Waals surface area (Å²) in [6, 6.07) is 8.71. The van der Waals surface area contributed by atoms with Crippen molar-refractivity contribution >= 4 is 39.1 Å². The number of halogens is 2. The Balaban J connectivity index is 1.94. The fraction of sp³-hybridized carbons (Fsp3) is 0.458. The van der Waals surface area contributed by atoms with E-state index in [2.05, 4.69) is 11.8 Å². The van der Waals surface area contributed by atoms with Gasteiger partial charge in [0.25, 0.3) is 0 Å². The molecule has 0 aromatic heterocycles. The van der Waals surface area contributed by atoms with Gasteiger partial charge in [0.05, 0.1) is 21.5 Å². The lowest BCUT2D eigenvalue weighted by Crippen LogP contribution is -2.51. The Bertz CT molecular complexity index is 1110. The zero-order chi connectivity index (χ0) is 24.3. The van der Waals surface area contributed by atoms with Gasteiger partial charge in [-0.2, -0.15) is 4.31 Å². The van der Waals surface area contributed by atoms with Gasteiger partial charge in [-0.1, -0.05) is 53.9 Å². The van der Waals surface area contributed by atoms with E-state index in [9.17, 15) is 13.2 Å². The number of piperazine rings is 1. The summed E-state index contributed by atoms with van der Waals surface area (Å²) in [6.07, 6.45) is 0. The number of sulfonamides is 1. The number of carbonyl (C=O) groups excluding carboxylic acids is 1. The van der Waals surface area contributed by atoms with Crippen LogP contribution in [-0.2, 0) is 21.4 Å². The lowest BCUT2D eigenvalue weighted by Gasteiger charge is -2.35. The van der Waals surface area contributed by atoms with Crippen LogP contribution in [0.2, 0.25) is 10.0 Å². The molecule has 2 aromatic rings. The number of hydrogen-bond donors (Lipinski definition) is 0. The molecule has 1 saturated heterocycles. The Morgan fingerprint density at radius 2 is 1.58 bits per heavy atom. The fourth-order valence-electron chi connectivity index (χ4n) is 4.33. The molecule has 3 rings (SSSR count). The highest BCUT2D eigenvalue weighted by atomic mass is 35.5. The molecule has 1 fully saturated rings. The van der Waals surface area contributed by atoms with Gasteiger partial charge in [0.2, 0.25) is 15.9 Å². The highest BCUT2D eigenvalue weighted by Crippen LogP contribution is 2.28. The molecule has 1 aliphatic rings. The van der Waals surface area contributed by atoms with Gasteiger partial charge in [0, 0.05) is 32.7 Å². The van der Waals surface area contributed by atoms with Crippen LogP contribution in [-0.4, -0.2) is 67.7 Å². The molecule has 33 heavy (non-hydrogen) atoms. The Kier molecular flexibility index (Phi) is 8.45. The van der Waals surface area contributed by atoms with Gasteiger partial charge in [0.1, 0.15) is 0 Å². The van der Waals surface area contributed by atoms with Crippen LogP contribution < -0.4 is 0 Å². The third-order valence-electron chi connectivity index (χ3n) is 6.03. The van der Waals surface area contributed by atoms with E-state index in [0.29, 0.717) is 39.8 Å². The Morgan fingerprint density at radius 3 is 2.12 bits per heavy atom. The van der Waals surface area contributed by atoms with E-state index < -0.39 is 10.0 Å². The summed E-state index contributed by atoms with van der Waals surface area (Å²) in [4.78, 5) is 17.4. The largest absolute Gasteiger partial charge is 0.339 e. The third-order valence-corrected chi connectivity index (χ3v) is 8.87. The second-order valence-electron chi connectivity index (χ2n) is 8.56. The quantitative estimate of drug-likeness (QED) is 0.556. The normalized spacial score (nSPS) is 15.3. The molecule has 0 N–H and O–H groups in total. The topological polar surface area (TPSA) is 60.9 Å². The first-order valence-electron chi connectivity index (χ1n) is 11.0. The predicted molar refractivity (Wildman–Crippen MR) is 133 cm³/mol. The maximum Gasteiger partial charge on any atom is 0.244 e. The molecule has 0 spiro atoms. The lowest BCUT2D eigenvalue weighted by atomic mass is 10.1. The first-order valence-corrected chi connectivity index (χ1v) is 13.2. The Hall–Kier alpha value is -1.64. The van der Waals surface area contributed by atoms with Crippen LogP contribution in [0.15, 0.2) is 35.2 Å². The van der Waals surface area contributed by atoms with Gasteiger partial charge >= 0.3 is 0 Å². The number of nitrogens with zero attached hydrogens (tertiary/aromatic N) is 3.